The van der Waals surface area contributed by atoms with Crippen LogP contribution < -0.4 is 10.6 Å². The Labute approximate surface area is 125 Å². The van der Waals surface area contributed by atoms with Crippen LogP contribution in [0.4, 0.5) is 0 Å². The maximum atomic E-state index is 11.7. The molecule has 7 nitrogen and oxygen atoms in total. The van der Waals surface area contributed by atoms with Gasteiger partial charge in [0.1, 0.15) is 6.04 Å². The van der Waals surface area contributed by atoms with Crippen LogP contribution in [0.25, 0.3) is 0 Å². The van der Waals surface area contributed by atoms with Crippen molar-refractivity contribution >= 4 is 17.8 Å². The van der Waals surface area contributed by atoms with Gasteiger partial charge in [0, 0.05) is 33.1 Å². The fraction of sp³-hybridized carbons (Fsp3) is 0.786. The van der Waals surface area contributed by atoms with E-state index in [9.17, 15) is 14.4 Å². The molecule has 0 aromatic carbocycles. The van der Waals surface area contributed by atoms with E-state index < -0.39 is 17.9 Å². The number of carboxylic acid groups (broad SMARTS) is 1. The average Bonchev–Trinajstić information content (AvgIpc) is 2.46. The highest BCUT2D eigenvalue weighted by Gasteiger charge is 2.25. The van der Waals surface area contributed by atoms with E-state index in [1.54, 1.807) is 14.0 Å². The summed E-state index contributed by atoms with van der Waals surface area (Å²) in [5.74, 6) is -1.86. The normalized spacial score (nSPS) is 13.3. The molecule has 21 heavy (non-hydrogen) atoms. The highest BCUT2D eigenvalue weighted by molar-refractivity contribution is 5.87. The Morgan fingerprint density at radius 1 is 1.19 bits per heavy atom. The lowest BCUT2D eigenvalue weighted by Gasteiger charge is -2.20. The molecule has 2 unspecified atom stereocenters. The fourth-order valence-electron chi connectivity index (χ4n) is 1.69. The monoisotopic (exact) mass is 302 g/mol. The van der Waals surface area contributed by atoms with Crippen LogP contribution in [0.1, 0.15) is 39.5 Å². The number of ether oxygens (including phenoxy) is 1. The second-order valence-electron chi connectivity index (χ2n) is 4.97. The van der Waals surface area contributed by atoms with Gasteiger partial charge in [-0.25, -0.2) is 4.79 Å². The topological polar surface area (TPSA) is 105 Å². The van der Waals surface area contributed by atoms with Gasteiger partial charge >= 0.3 is 5.97 Å². The van der Waals surface area contributed by atoms with E-state index in [2.05, 4.69) is 10.6 Å². The van der Waals surface area contributed by atoms with Crippen LogP contribution in [-0.2, 0) is 19.1 Å². The Morgan fingerprint density at radius 3 is 2.33 bits per heavy atom. The summed E-state index contributed by atoms with van der Waals surface area (Å²) in [5.41, 5.74) is 0. The van der Waals surface area contributed by atoms with Gasteiger partial charge in [-0.15, -0.1) is 0 Å². The molecular weight excluding hydrogens is 276 g/mol. The molecule has 0 aromatic rings. The van der Waals surface area contributed by atoms with Crippen LogP contribution in [0.15, 0.2) is 0 Å². The van der Waals surface area contributed by atoms with Gasteiger partial charge < -0.3 is 20.5 Å². The summed E-state index contributed by atoms with van der Waals surface area (Å²) in [7, 11) is 1.59. The van der Waals surface area contributed by atoms with E-state index in [1.165, 1.54) is 0 Å². The Bertz CT molecular complexity index is 346. The molecule has 7 heteroatoms. The number of amides is 2. The summed E-state index contributed by atoms with van der Waals surface area (Å²) in [5, 5.41) is 14.2. The molecule has 0 radical (unpaired) electrons. The lowest BCUT2D eigenvalue weighted by molar-refractivity contribution is -0.143. The van der Waals surface area contributed by atoms with Gasteiger partial charge in [0.05, 0.1) is 0 Å². The minimum absolute atomic E-state index is 0.0175. The maximum absolute atomic E-state index is 11.7. The zero-order valence-corrected chi connectivity index (χ0v) is 13.0. The maximum Gasteiger partial charge on any atom is 0.326 e. The highest BCUT2D eigenvalue weighted by atomic mass is 16.5. The number of rotatable bonds is 11. The largest absolute Gasteiger partial charge is 0.480 e. The smallest absolute Gasteiger partial charge is 0.326 e. The summed E-state index contributed by atoms with van der Waals surface area (Å²) in [6.07, 6.45) is 1.39. The van der Waals surface area contributed by atoms with Gasteiger partial charge in [-0.2, -0.15) is 0 Å². The fourth-order valence-corrected chi connectivity index (χ4v) is 1.69. The van der Waals surface area contributed by atoms with Crippen molar-refractivity contribution < 1.29 is 24.2 Å². The van der Waals surface area contributed by atoms with Crippen molar-refractivity contribution in [3.8, 4) is 0 Å². The zero-order chi connectivity index (χ0) is 16.3. The molecule has 0 bridgehead atoms. The lowest BCUT2D eigenvalue weighted by Crippen LogP contribution is -2.45. The molecule has 0 aliphatic rings. The number of carbonyl (C=O) groups excluding carboxylic acids is 2. The summed E-state index contributed by atoms with van der Waals surface area (Å²) in [6.45, 7) is 4.69. The molecule has 2 atom stereocenters. The number of carboxylic acids is 1. The van der Waals surface area contributed by atoms with Crippen molar-refractivity contribution in [3.63, 3.8) is 0 Å². The van der Waals surface area contributed by atoms with Crippen molar-refractivity contribution in [1.82, 2.24) is 10.6 Å². The summed E-state index contributed by atoms with van der Waals surface area (Å²) in [4.78, 5) is 34.2. The predicted molar refractivity (Wildman–Crippen MR) is 77.8 cm³/mol. The number of aliphatic carboxylic acids is 1. The quantitative estimate of drug-likeness (QED) is 0.483. The number of carbonyl (C=O) groups is 3. The number of hydrogen-bond donors (Lipinski definition) is 3. The third kappa shape index (κ3) is 9.01. The molecule has 3 N–H and O–H groups in total. The predicted octanol–water partition coefficient (Wildman–Crippen LogP) is 0.535. The SMILES string of the molecule is CCC(C)C(NC(=O)CCC(=O)NCCCOC)C(=O)O. The first-order valence-corrected chi connectivity index (χ1v) is 7.20. The third-order valence-corrected chi connectivity index (χ3v) is 3.22. The molecule has 0 aliphatic heterocycles. The van der Waals surface area contributed by atoms with Crippen LogP contribution in [0.3, 0.4) is 0 Å². The molecule has 0 saturated carbocycles. The first-order chi connectivity index (χ1) is 9.92. The minimum Gasteiger partial charge on any atom is -0.480 e. The summed E-state index contributed by atoms with van der Waals surface area (Å²) < 4.78 is 4.85. The van der Waals surface area contributed by atoms with Crippen LogP contribution in [0.2, 0.25) is 0 Å². The zero-order valence-electron chi connectivity index (χ0n) is 13.0. The molecular formula is C14H26N2O5. The lowest BCUT2D eigenvalue weighted by atomic mass is 9.99. The van der Waals surface area contributed by atoms with E-state index >= 15 is 0 Å². The van der Waals surface area contributed by atoms with Crippen LogP contribution >= 0.6 is 0 Å². The molecule has 0 aliphatic carbocycles. The van der Waals surface area contributed by atoms with Crippen LogP contribution in [-0.4, -0.2) is 49.2 Å². The first kappa shape index (κ1) is 19.4. The van der Waals surface area contributed by atoms with Crippen molar-refractivity contribution in [2.24, 2.45) is 5.92 Å². The van der Waals surface area contributed by atoms with Gasteiger partial charge in [0.15, 0.2) is 0 Å². The highest BCUT2D eigenvalue weighted by Crippen LogP contribution is 2.08. The number of hydrogen-bond acceptors (Lipinski definition) is 4. The van der Waals surface area contributed by atoms with Gasteiger partial charge in [0.25, 0.3) is 0 Å². The van der Waals surface area contributed by atoms with Gasteiger partial charge in [-0.05, 0) is 12.3 Å². The van der Waals surface area contributed by atoms with Crippen molar-refractivity contribution in [1.29, 1.82) is 0 Å². The molecule has 0 spiro atoms. The van der Waals surface area contributed by atoms with E-state index in [4.69, 9.17) is 9.84 Å². The second kappa shape index (κ2) is 11.1. The standard InChI is InChI=1S/C14H26N2O5/c1-4-10(2)13(14(19)20)16-12(18)7-6-11(17)15-8-5-9-21-3/h10,13H,4-9H2,1-3H3,(H,15,17)(H,16,18)(H,19,20). The summed E-state index contributed by atoms with van der Waals surface area (Å²) >= 11 is 0. The molecule has 0 aromatic heterocycles. The third-order valence-electron chi connectivity index (χ3n) is 3.22. The average molecular weight is 302 g/mol. The van der Waals surface area contributed by atoms with Crippen molar-refractivity contribution in [2.45, 2.75) is 45.6 Å². The van der Waals surface area contributed by atoms with E-state index in [-0.39, 0.29) is 24.7 Å². The van der Waals surface area contributed by atoms with Gasteiger partial charge in [-0.3, -0.25) is 9.59 Å². The van der Waals surface area contributed by atoms with Gasteiger partial charge in [0.2, 0.25) is 11.8 Å². The summed E-state index contributed by atoms with van der Waals surface area (Å²) in [6, 6.07) is -0.910. The van der Waals surface area contributed by atoms with Crippen LogP contribution in [0.5, 0.6) is 0 Å². The Kier molecular flexibility index (Phi) is 10.2. The molecule has 2 amide bonds. The molecule has 0 rings (SSSR count). The Balaban J connectivity index is 4.02. The number of methoxy groups -OCH3 is 1. The second-order valence-corrected chi connectivity index (χ2v) is 4.97. The van der Waals surface area contributed by atoms with E-state index in [0.717, 1.165) is 0 Å². The van der Waals surface area contributed by atoms with E-state index in [0.29, 0.717) is 26.0 Å². The van der Waals surface area contributed by atoms with Gasteiger partial charge in [-0.1, -0.05) is 20.3 Å². The van der Waals surface area contributed by atoms with Crippen LogP contribution in [0, 0.1) is 5.92 Å². The molecule has 122 valence electrons. The van der Waals surface area contributed by atoms with E-state index in [1.807, 2.05) is 6.92 Å². The van der Waals surface area contributed by atoms with Crippen molar-refractivity contribution in [3.05, 3.63) is 0 Å². The molecule has 0 heterocycles. The first-order valence-electron chi connectivity index (χ1n) is 7.20. The molecule has 0 saturated heterocycles. The van der Waals surface area contributed by atoms with Crippen molar-refractivity contribution in [2.75, 3.05) is 20.3 Å². The molecule has 0 fully saturated rings. The Morgan fingerprint density at radius 2 is 1.81 bits per heavy atom. The number of nitrogens with one attached hydrogen (secondary N) is 2. The Hall–Kier alpha value is -1.63. The minimum atomic E-state index is -1.05.